The normalized spacial score (nSPS) is 9.58. The van der Waals surface area contributed by atoms with E-state index in [2.05, 4.69) is 4.65 Å². The number of hydrogen-bond acceptors (Lipinski definition) is 3. The molecule has 0 aromatic heterocycles. The van der Waals surface area contributed by atoms with Gasteiger partial charge in [0.2, 0.25) is 0 Å². The minimum absolute atomic E-state index is 0.476. The third-order valence-electron chi connectivity index (χ3n) is 1.55. The van der Waals surface area contributed by atoms with Crippen LogP contribution in [0.4, 0.5) is 0 Å². The number of benzene rings is 1. The molecule has 0 atom stereocenters. The molecule has 0 amide bonds. The van der Waals surface area contributed by atoms with Crippen molar-refractivity contribution < 1.29 is 14.7 Å². The molecule has 0 spiro atoms. The molecule has 0 radical (unpaired) electrons. The molecule has 0 heterocycles. The lowest BCUT2D eigenvalue weighted by Gasteiger charge is -2.05. The fourth-order valence-corrected chi connectivity index (χ4v) is 0.960. The summed E-state index contributed by atoms with van der Waals surface area (Å²) >= 11 is 0. The first-order chi connectivity index (χ1) is 5.72. The molecule has 1 aromatic rings. The molecule has 0 aliphatic heterocycles. The maximum Gasteiger partial charge on any atom is 0.707 e. The summed E-state index contributed by atoms with van der Waals surface area (Å²) < 4.78 is 4.67. The summed E-state index contributed by atoms with van der Waals surface area (Å²) in [5.74, 6) is 0.476. The van der Waals surface area contributed by atoms with Crippen molar-refractivity contribution in [3.8, 4) is 5.75 Å². The molecule has 12 heavy (non-hydrogen) atoms. The third kappa shape index (κ3) is 2.56. The average molecular weight is 166 g/mol. The van der Waals surface area contributed by atoms with Crippen molar-refractivity contribution in [2.24, 2.45) is 0 Å². The van der Waals surface area contributed by atoms with E-state index in [1.807, 2.05) is 19.1 Å². The van der Waals surface area contributed by atoms with E-state index in [4.69, 9.17) is 10.0 Å². The summed E-state index contributed by atoms with van der Waals surface area (Å²) in [4.78, 5) is 0. The first kappa shape index (κ1) is 9.10. The van der Waals surface area contributed by atoms with E-state index in [1.165, 1.54) is 0 Å². The Balaban J connectivity index is 2.72. The highest BCUT2D eigenvalue weighted by Gasteiger charge is 2.10. The molecule has 0 aliphatic carbocycles. The van der Waals surface area contributed by atoms with Gasteiger partial charge in [0.25, 0.3) is 0 Å². The predicted molar refractivity (Wildman–Crippen MR) is 46.6 cm³/mol. The van der Waals surface area contributed by atoms with Crippen molar-refractivity contribution in [1.82, 2.24) is 0 Å². The Morgan fingerprint density at radius 1 is 1.42 bits per heavy atom. The molecular weight excluding hydrogens is 155 g/mol. The average Bonchev–Trinajstić information content (AvgIpc) is 2.03. The summed E-state index contributed by atoms with van der Waals surface area (Å²) in [5, 5.41) is 17.0. The molecule has 2 N–H and O–H groups in total. The second-order valence-electron chi connectivity index (χ2n) is 2.45. The van der Waals surface area contributed by atoms with Crippen LogP contribution in [0.15, 0.2) is 24.3 Å². The Morgan fingerprint density at radius 2 is 2.17 bits per heavy atom. The molecule has 0 fully saturated rings. The molecule has 1 aromatic carbocycles. The maximum absolute atomic E-state index is 8.50. The van der Waals surface area contributed by atoms with Gasteiger partial charge < -0.3 is 14.7 Å². The van der Waals surface area contributed by atoms with E-state index in [1.54, 1.807) is 12.1 Å². The zero-order valence-electron chi connectivity index (χ0n) is 6.90. The van der Waals surface area contributed by atoms with E-state index in [-0.39, 0.29) is 0 Å². The molecular formula is C8H11BO3. The van der Waals surface area contributed by atoms with Crippen LogP contribution in [0.5, 0.6) is 5.75 Å². The van der Waals surface area contributed by atoms with Gasteiger partial charge >= 0.3 is 7.32 Å². The topological polar surface area (TPSA) is 49.7 Å². The van der Waals surface area contributed by atoms with Crippen LogP contribution in [0.1, 0.15) is 12.5 Å². The lowest BCUT2D eigenvalue weighted by Crippen LogP contribution is -2.20. The van der Waals surface area contributed by atoms with Crippen molar-refractivity contribution in [2.45, 2.75) is 13.3 Å². The van der Waals surface area contributed by atoms with E-state index >= 15 is 0 Å². The molecule has 1 rings (SSSR count). The van der Waals surface area contributed by atoms with Crippen molar-refractivity contribution in [3.63, 3.8) is 0 Å². The first-order valence-corrected chi connectivity index (χ1v) is 3.84. The monoisotopic (exact) mass is 166 g/mol. The van der Waals surface area contributed by atoms with Gasteiger partial charge in [0.05, 0.1) is 0 Å². The second-order valence-corrected chi connectivity index (χ2v) is 2.45. The fraction of sp³-hybridized carbons (Fsp3) is 0.250. The molecule has 0 unspecified atom stereocenters. The summed E-state index contributed by atoms with van der Waals surface area (Å²) in [7, 11) is -1.74. The van der Waals surface area contributed by atoms with Gasteiger partial charge in [-0.2, -0.15) is 0 Å². The van der Waals surface area contributed by atoms with Gasteiger partial charge in [-0.15, -0.1) is 0 Å². The van der Waals surface area contributed by atoms with E-state index < -0.39 is 7.32 Å². The Hall–Kier alpha value is -0.995. The zero-order valence-corrected chi connectivity index (χ0v) is 6.90. The van der Waals surface area contributed by atoms with Gasteiger partial charge in [0.15, 0.2) is 0 Å². The summed E-state index contributed by atoms with van der Waals surface area (Å²) in [6, 6.07) is 7.23. The summed E-state index contributed by atoms with van der Waals surface area (Å²) in [5.41, 5.74) is 1.10. The predicted octanol–water partition coefficient (Wildman–Crippen LogP) is 0.597. The molecule has 0 aliphatic rings. The van der Waals surface area contributed by atoms with Crippen LogP contribution in [0.3, 0.4) is 0 Å². The smallest absolute Gasteiger partial charge is 0.512 e. The number of aryl methyl sites for hydroxylation is 1. The van der Waals surface area contributed by atoms with Crippen molar-refractivity contribution in [3.05, 3.63) is 29.8 Å². The highest BCUT2D eigenvalue weighted by molar-refractivity contribution is 6.33. The van der Waals surface area contributed by atoms with Crippen LogP contribution in [-0.4, -0.2) is 17.4 Å². The largest absolute Gasteiger partial charge is 0.707 e. The fourth-order valence-electron chi connectivity index (χ4n) is 0.960. The van der Waals surface area contributed by atoms with Gasteiger partial charge in [-0.1, -0.05) is 19.1 Å². The van der Waals surface area contributed by atoms with Crippen LogP contribution in [0.25, 0.3) is 0 Å². The Morgan fingerprint density at radius 3 is 2.75 bits per heavy atom. The maximum atomic E-state index is 8.50. The molecule has 64 valence electrons. The van der Waals surface area contributed by atoms with Crippen molar-refractivity contribution in [1.29, 1.82) is 0 Å². The lowest BCUT2D eigenvalue weighted by atomic mass is 10.1. The van der Waals surface area contributed by atoms with Gasteiger partial charge in [0.1, 0.15) is 5.75 Å². The van der Waals surface area contributed by atoms with Crippen LogP contribution >= 0.6 is 0 Å². The Bertz CT molecular complexity index is 250. The van der Waals surface area contributed by atoms with Crippen molar-refractivity contribution >= 4 is 7.32 Å². The SMILES string of the molecule is CCc1cccc(OB(O)O)c1. The van der Waals surface area contributed by atoms with E-state index in [0.29, 0.717) is 5.75 Å². The van der Waals surface area contributed by atoms with Gasteiger partial charge in [-0.3, -0.25) is 0 Å². The Labute approximate surface area is 71.8 Å². The van der Waals surface area contributed by atoms with E-state index in [0.717, 1.165) is 12.0 Å². The highest BCUT2D eigenvalue weighted by Crippen LogP contribution is 2.13. The van der Waals surface area contributed by atoms with Crippen molar-refractivity contribution in [2.75, 3.05) is 0 Å². The van der Waals surface area contributed by atoms with Crippen LogP contribution in [-0.2, 0) is 6.42 Å². The minimum atomic E-state index is -1.74. The molecule has 3 nitrogen and oxygen atoms in total. The zero-order chi connectivity index (χ0) is 8.97. The quantitative estimate of drug-likeness (QED) is 0.646. The summed E-state index contributed by atoms with van der Waals surface area (Å²) in [6.45, 7) is 2.02. The third-order valence-corrected chi connectivity index (χ3v) is 1.55. The summed E-state index contributed by atoms with van der Waals surface area (Å²) in [6.07, 6.45) is 0.902. The molecule has 0 saturated carbocycles. The molecule has 4 heteroatoms. The van der Waals surface area contributed by atoms with Gasteiger partial charge in [-0.05, 0) is 24.1 Å². The van der Waals surface area contributed by atoms with Crippen LogP contribution < -0.4 is 4.65 Å². The molecule has 0 saturated heterocycles. The number of rotatable bonds is 3. The van der Waals surface area contributed by atoms with Gasteiger partial charge in [0, 0.05) is 0 Å². The Kier molecular flexibility index (Phi) is 3.14. The minimum Gasteiger partial charge on any atom is -0.512 e. The number of hydrogen-bond donors (Lipinski definition) is 2. The van der Waals surface area contributed by atoms with E-state index in [9.17, 15) is 0 Å². The highest BCUT2D eigenvalue weighted by atomic mass is 16.6. The second kappa shape index (κ2) is 4.14. The standard InChI is InChI=1S/C8H11BO3/c1-2-7-4-3-5-8(6-7)12-9(10)11/h3-6,10-11H,2H2,1H3. The first-order valence-electron chi connectivity index (χ1n) is 3.84. The van der Waals surface area contributed by atoms with Crippen LogP contribution in [0.2, 0.25) is 0 Å². The van der Waals surface area contributed by atoms with Gasteiger partial charge in [-0.25, -0.2) is 0 Å². The molecule has 0 bridgehead atoms. The lowest BCUT2D eigenvalue weighted by molar-refractivity contribution is 0.288. The van der Waals surface area contributed by atoms with Crippen LogP contribution in [0, 0.1) is 0 Å².